The fourth-order valence-corrected chi connectivity index (χ4v) is 3.55. The summed E-state index contributed by atoms with van der Waals surface area (Å²) in [4.78, 5) is 0. The second-order valence-corrected chi connectivity index (χ2v) is 8.34. The third-order valence-corrected chi connectivity index (χ3v) is 6.67. The van der Waals surface area contributed by atoms with E-state index in [9.17, 15) is 8.42 Å². The molecule has 0 radical (unpaired) electrons. The molecular formula is C9H15BrN2O2S2. The number of halogens is 1. The molecule has 0 saturated carbocycles. The second-order valence-electron chi connectivity index (χ2n) is 4.15. The third-order valence-electron chi connectivity index (χ3n) is 2.77. The Kier molecular flexibility index (Phi) is 4.18. The highest BCUT2D eigenvalue weighted by molar-refractivity contribution is 9.10. The first kappa shape index (κ1) is 14.1. The predicted molar refractivity (Wildman–Crippen MR) is 71.0 cm³/mol. The van der Waals surface area contributed by atoms with E-state index in [1.807, 2.05) is 10.8 Å². The molecular weight excluding hydrogens is 312 g/mol. The van der Waals surface area contributed by atoms with Gasteiger partial charge in [-0.1, -0.05) is 0 Å². The zero-order chi connectivity index (χ0) is 12.6. The molecule has 1 aromatic rings. The lowest BCUT2D eigenvalue weighted by Crippen LogP contribution is -2.47. The number of hydrazine groups is 1. The number of hydrogen-bond acceptors (Lipinski definition) is 5. The summed E-state index contributed by atoms with van der Waals surface area (Å²) in [6.45, 7) is 3.33. The maximum atomic E-state index is 11.8. The van der Waals surface area contributed by atoms with E-state index in [0.717, 1.165) is 10.0 Å². The zero-order valence-corrected chi connectivity index (χ0v) is 12.5. The molecule has 0 fully saturated rings. The quantitative estimate of drug-likeness (QED) is 0.654. The molecule has 1 aromatic heterocycles. The highest BCUT2D eigenvalue weighted by Gasteiger charge is 2.40. The molecule has 0 aliphatic carbocycles. The molecule has 0 saturated heterocycles. The minimum absolute atomic E-state index is 0.442. The van der Waals surface area contributed by atoms with E-state index in [0.29, 0.717) is 0 Å². The number of nitrogens with two attached hydrogens (primary N) is 1. The molecule has 0 aliphatic heterocycles. The van der Waals surface area contributed by atoms with E-state index < -0.39 is 20.6 Å². The third kappa shape index (κ3) is 2.48. The summed E-state index contributed by atoms with van der Waals surface area (Å²) in [5, 5.41) is 3.79. The van der Waals surface area contributed by atoms with Crippen molar-refractivity contribution in [1.29, 1.82) is 0 Å². The Balaban J connectivity index is 3.24. The predicted octanol–water partition coefficient (Wildman–Crippen LogP) is 1.84. The molecule has 0 aliphatic rings. The maximum absolute atomic E-state index is 11.8. The van der Waals surface area contributed by atoms with Crippen molar-refractivity contribution in [3.8, 4) is 0 Å². The minimum atomic E-state index is -3.22. The monoisotopic (exact) mass is 326 g/mol. The number of rotatable bonds is 4. The van der Waals surface area contributed by atoms with Crippen LogP contribution in [0.15, 0.2) is 15.2 Å². The summed E-state index contributed by atoms with van der Waals surface area (Å²) in [6.07, 6.45) is 1.22. The number of hydrogen-bond donors (Lipinski definition) is 2. The van der Waals surface area contributed by atoms with Gasteiger partial charge in [-0.15, -0.1) is 0 Å². The molecule has 92 valence electrons. The van der Waals surface area contributed by atoms with Crippen molar-refractivity contribution in [3.05, 3.63) is 20.8 Å². The average molecular weight is 327 g/mol. The van der Waals surface area contributed by atoms with Gasteiger partial charge in [0.2, 0.25) is 0 Å². The van der Waals surface area contributed by atoms with Crippen LogP contribution >= 0.6 is 27.3 Å². The molecule has 7 heteroatoms. The van der Waals surface area contributed by atoms with Gasteiger partial charge in [0.25, 0.3) is 0 Å². The summed E-state index contributed by atoms with van der Waals surface area (Å²) < 4.78 is 23.4. The number of nitrogens with one attached hydrogen (secondary N) is 1. The lowest BCUT2D eigenvalue weighted by molar-refractivity contribution is 0.427. The van der Waals surface area contributed by atoms with E-state index in [-0.39, 0.29) is 0 Å². The molecule has 0 amide bonds. The van der Waals surface area contributed by atoms with Gasteiger partial charge >= 0.3 is 0 Å². The Hall–Kier alpha value is 0.0500. The van der Waals surface area contributed by atoms with Crippen LogP contribution in [-0.2, 0) is 9.84 Å². The van der Waals surface area contributed by atoms with Crippen LogP contribution in [0.4, 0.5) is 0 Å². The Morgan fingerprint density at radius 1 is 1.50 bits per heavy atom. The van der Waals surface area contributed by atoms with E-state index in [1.165, 1.54) is 17.6 Å². The van der Waals surface area contributed by atoms with Crippen LogP contribution in [0.2, 0.25) is 0 Å². The minimum Gasteiger partial charge on any atom is -0.271 e. The van der Waals surface area contributed by atoms with Crippen molar-refractivity contribution in [1.82, 2.24) is 5.43 Å². The Morgan fingerprint density at radius 2 is 2.06 bits per heavy atom. The summed E-state index contributed by atoms with van der Waals surface area (Å²) in [7, 11) is -3.22. The lowest BCUT2D eigenvalue weighted by Gasteiger charge is -2.32. The Labute approximate surface area is 108 Å². The van der Waals surface area contributed by atoms with E-state index in [1.54, 1.807) is 13.8 Å². The van der Waals surface area contributed by atoms with Gasteiger partial charge in [0, 0.05) is 16.1 Å². The Bertz CT molecular complexity index is 468. The highest BCUT2D eigenvalue weighted by atomic mass is 79.9. The first-order valence-corrected chi connectivity index (χ1v) is 8.22. The molecule has 0 spiro atoms. The first-order valence-electron chi connectivity index (χ1n) is 4.59. The number of thiophene rings is 1. The van der Waals surface area contributed by atoms with Crippen LogP contribution in [0.1, 0.15) is 25.5 Å². The summed E-state index contributed by atoms with van der Waals surface area (Å²) in [6, 6.07) is -0.442. The van der Waals surface area contributed by atoms with Gasteiger partial charge in [-0.25, -0.2) is 8.42 Å². The topological polar surface area (TPSA) is 72.2 Å². The van der Waals surface area contributed by atoms with Crippen molar-refractivity contribution in [2.75, 3.05) is 6.26 Å². The van der Waals surface area contributed by atoms with Gasteiger partial charge in [0.1, 0.15) is 0 Å². The van der Waals surface area contributed by atoms with Gasteiger partial charge in [0.05, 0.1) is 10.8 Å². The highest BCUT2D eigenvalue weighted by Crippen LogP contribution is 2.36. The normalized spacial score (nSPS) is 15.1. The molecule has 1 rings (SSSR count). The van der Waals surface area contributed by atoms with Gasteiger partial charge < -0.3 is 0 Å². The van der Waals surface area contributed by atoms with Gasteiger partial charge in [-0.2, -0.15) is 11.3 Å². The van der Waals surface area contributed by atoms with Crippen molar-refractivity contribution >= 4 is 37.1 Å². The van der Waals surface area contributed by atoms with Crippen molar-refractivity contribution in [2.45, 2.75) is 24.6 Å². The molecule has 0 bridgehead atoms. The van der Waals surface area contributed by atoms with Crippen molar-refractivity contribution in [2.24, 2.45) is 5.84 Å². The van der Waals surface area contributed by atoms with Crippen LogP contribution < -0.4 is 11.3 Å². The van der Waals surface area contributed by atoms with E-state index in [2.05, 4.69) is 21.4 Å². The summed E-state index contributed by atoms with van der Waals surface area (Å²) in [5.74, 6) is 5.49. The van der Waals surface area contributed by atoms with Gasteiger partial charge in [-0.3, -0.25) is 11.3 Å². The molecule has 4 nitrogen and oxygen atoms in total. The zero-order valence-electron chi connectivity index (χ0n) is 9.32. The summed E-state index contributed by atoms with van der Waals surface area (Å²) >= 11 is 4.89. The standard InChI is InChI=1S/C9H15BrN2O2S2/c1-9(2,16(3,13)14)8(12-11)6-4-15-5-7(6)10/h4-5,8,12H,11H2,1-3H3. The maximum Gasteiger partial charge on any atom is 0.154 e. The fourth-order valence-electron chi connectivity index (χ4n) is 1.38. The van der Waals surface area contributed by atoms with E-state index in [4.69, 9.17) is 5.84 Å². The molecule has 1 atom stereocenters. The Morgan fingerprint density at radius 3 is 2.38 bits per heavy atom. The second kappa shape index (κ2) is 4.73. The van der Waals surface area contributed by atoms with Crippen LogP contribution in [0.5, 0.6) is 0 Å². The molecule has 16 heavy (non-hydrogen) atoms. The first-order chi connectivity index (χ1) is 7.21. The molecule has 0 aromatic carbocycles. The van der Waals surface area contributed by atoms with E-state index >= 15 is 0 Å². The van der Waals surface area contributed by atoms with Crippen LogP contribution in [0.25, 0.3) is 0 Å². The van der Waals surface area contributed by atoms with Crippen LogP contribution in [-0.4, -0.2) is 19.4 Å². The molecule has 1 unspecified atom stereocenters. The average Bonchev–Trinajstić information content (AvgIpc) is 2.51. The SMILES string of the molecule is CC(C)(C(NN)c1cscc1Br)S(C)(=O)=O. The smallest absolute Gasteiger partial charge is 0.154 e. The summed E-state index contributed by atoms with van der Waals surface area (Å²) in [5.41, 5.74) is 3.45. The lowest BCUT2D eigenvalue weighted by atomic mass is 9.98. The largest absolute Gasteiger partial charge is 0.271 e. The van der Waals surface area contributed by atoms with Crippen molar-refractivity contribution < 1.29 is 8.42 Å². The van der Waals surface area contributed by atoms with Gasteiger partial charge in [-0.05, 0) is 40.7 Å². The van der Waals surface area contributed by atoms with Gasteiger partial charge in [0.15, 0.2) is 9.84 Å². The fraction of sp³-hybridized carbons (Fsp3) is 0.556. The van der Waals surface area contributed by atoms with Crippen LogP contribution in [0.3, 0.4) is 0 Å². The molecule has 3 N–H and O–H groups in total. The van der Waals surface area contributed by atoms with Crippen molar-refractivity contribution in [3.63, 3.8) is 0 Å². The van der Waals surface area contributed by atoms with Crippen LogP contribution in [0, 0.1) is 0 Å². The number of sulfone groups is 1. The molecule has 1 heterocycles.